The molecule has 1 heterocycles. The van der Waals surface area contributed by atoms with Gasteiger partial charge in [0.05, 0.1) is 12.2 Å². The molecule has 1 aliphatic rings. The number of allylic oxidation sites excluding steroid dienone is 2. The van der Waals surface area contributed by atoms with Crippen LogP contribution in [0.4, 0.5) is 0 Å². The average molecular weight is 290 g/mol. The quantitative estimate of drug-likeness (QED) is 0.804. The Kier molecular flexibility index (Phi) is 5.07. The van der Waals surface area contributed by atoms with Gasteiger partial charge in [-0.1, -0.05) is 31.9 Å². The molecule has 0 saturated heterocycles. The molecule has 1 aliphatic heterocycles. The van der Waals surface area contributed by atoms with Crippen LogP contribution in [0, 0.1) is 6.92 Å². The zero-order chi connectivity index (χ0) is 15.6. The lowest BCUT2D eigenvalue weighted by atomic mass is 9.89. The Morgan fingerprint density at radius 2 is 2.05 bits per heavy atom. The first kappa shape index (κ1) is 16.1. The van der Waals surface area contributed by atoms with Crippen molar-refractivity contribution in [2.45, 2.75) is 66.3 Å². The number of rotatable bonds is 5. The van der Waals surface area contributed by atoms with Crippen molar-refractivity contribution in [1.82, 2.24) is 0 Å². The van der Waals surface area contributed by atoms with Gasteiger partial charge in [0.2, 0.25) is 0 Å². The summed E-state index contributed by atoms with van der Waals surface area (Å²) in [5, 5.41) is 20.5. The van der Waals surface area contributed by atoms with Crippen LogP contribution in [-0.4, -0.2) is 10.2 Å². The largest absolute Gasteiger partial charge is 0.507 e. The number of phenolic OH excluding ortho intramolecular Hbond substituents is 1. The third-order valence-electron chi connectivity index (χ3n) is 4.42. The number of benzene rings is 1. The summed E-state index contributed by atoms with van der Waals surface area (Å²) in [6, 6.07) is 0. The van der Waals surface area contributed by atoms with Gasteiger partial charge in [0.15, 0.2) is 6.29 Å². The zero-order valence-electron chi connectivity index (χ0n) is 13.5. The maximum absolute atomic E-state index is 10.6. The van der Waals surface area contributed by atoms with Crippen molar-refractivity contribution in [3.63, 3.8) is 0 Å². The SMILES string of the molecule is CCC/C(C)=C/Cc1c(O)c2c(c(C)c1CC)COC2O. The van der Waals surface area contributed by atoms with Gasteiger partial charge >= 0.3 is 0 Å². The minimum Gasteiger partial charge on any atom is -0.507 e. The highest BCUT2D eigenvalue weighted by Gasteiger charge is 2.30. The van der Waals surface area contributed by atoms with Gasteiger partial charge in [-0.25, -0.2) is 0 Å². The second-order valence-corrected chi connectivity index (χ2v) is 5.84. The third-order valence-corrected chi connectivity index (χ3v) is 4.42. The van der Waals surface area contributed by atoms with Gasteiger partial charge in [-0.05, 0) is 49.8 Å². The first-order valence-electron chi connectivity index (χ1n) is 7.82. The Hall–Kier alpha value is -1.32. The molecule has 116 valence electrons. The molecule has 1 atom stereocenters. The van der Waals surface area contributed by atoms with E-state index in [0.29, 0.717) is 18.6 Å². The summed E-state index contributed by atoms with van der Waals surface area (Å²) < 4.78 is 5.28. The van der Waals surface area contributed by atoms with Gasteiger partial charge in [0.1, 0.15) is 5.75 Å². The van der Waals surface area contributed by atoms with Crippen LogP contribution in [0.3, 0.4) is 0 Å². The molecule has 1 unspecified atom stereocenters. The van der Waals surface area contributed by atoms with Crippen LogP contribution >= 0.6 is 0 Å². The Bertz CT molecular complexity index is 558. The van der Waals surface area contributed by atoms with E-state index in [1.165, 1.54) is 11.1 Å². The van der Waals surface area contributed by atoms with E-state index in [9.17, 15) is 10.2 Å². The summed E-state index contributed by atoms with van der Waals surface area (Å²) in [5.41, 5.74) is 6.14. The minimum atomic E-state index is -0.996. The Labute approximate surface area is 127 Å². The molecule has 0 fully saturated rings. The molecule has 0 aromatic heterocycles. The van der Waals surface area contributed by atoms with Crippen molar-refractivity contribution < 1.29 is 14.9 Å². The molecular weight excluding hydrogens is 264 g/mol. The van der Waals surface area contributed by atoms with E-state index in [0.717, 1.165) is 36.0 Å². The van der Waals surface area contributed by atoms with E-state index in [1.54, 1.807) is 0 Å². The Balaban J connectivity index is 2.47. The fourth-order valence-electron chi connectivity index (χ4n) is 3.23. The molecule has 2 rings (SSSR count). The van der Waals surface area contributed by atoms with Crippen LogP contribution in [0.25, 0.3) is 0 Å². The molecule has 0 saturated carbocycles. The van der Waals surface area contributed by atoms with E-state index < -0.39 is 6.29 Å². The number of hydrogen-bond acceptors (Lipinski definition) is 3. The predicted octanol–water partition coefficient (Wildman–Crippen LogP) is 4.07. The molecular formula is C18H26O3. The van der Waals surface area contributed by atoms with E-state index in [4.69, 9.17) is 4.74 Å². The molecule has 0 amide bonds. The van der Waals surface area contributed by atoms with Crippen molar-refractivity contribution >= 4 is 0 Å². The number of aliphatic hydroxyl groups is 1. The summed E-state index contributed by atoms with van der Waals surface area (Å²) in [7, 11) is 0. The van der Waals surface area contributed by atoms with Crippen LogP contribution < -0.4 is 0 Å². The number of ether oxygens (including phenoxy) is 1. The fourth-order valence-corrected chi connectivity index (χ4v) is 3.23. The average Bonchev–Trinajstić information content (AvgIpc) is 2.84. The second kappa shape index (κ2) is 6.63. The van der Waals surface area contributed by atoms with Crippen molar-refractivity contribution in [2.24, 2.45) is 0 Å². The normalized spacial score (nSPS) is 18.1. The fraction of sp³-hybridized carbons (Fsp3) is 0.556. The highest BCUT2D eigenvalue weighted by atomic mass is 16.6. The van der Waals surface area contributed by atoms with E-state index in [1.807, 2.05) is 0 Å². The number of aliphatic hydroxyl groups excluding tert-OH is 1. The molecule has 0 aliphatic carbocycles. The summed E-state index contributed by atoms with van der Waals surface area (Å²) in [5.74, 6) is 0.220. The summed E-state index contributed by atoms with van der Waals surface area (Å²) in [4.78, 5) is 0. The predicted molar refractivity (Wildman–Crippen MR) is 84.3 cm³/mol. The van der Waals surface area contributed by atoms with Crippen molar-refractivity contribution in [3.8, 4) is 5.75 Å². The minimum absolute atomic E-state index is 0.220. The molecule has 0 bridgehead atoms. The van der Waals surface area contributed by atoms with Crippen molar-refractivity contribution in [3.05, 3.63) is 39.5 Å². The molecule has 21 heavy (non-hydrogen) atoms. The summed E-state index contributed by atoms with van der Waals surface area (Å²) in [6.45, 7) is 8.84. The highest BCUT2D eigenvalue weighted by Crippen LogP contribution is 2.42. The molecule has 3 nitrogen and oxygen atoms in total. The van der Waals surface area contributed by atoms with E-state index in [-0.39, 0.29) is 5.75 Å². The first-order valence-corrected chi connectivity index (χ1v) is 7.82. The van der Waals surface area contributed by atoms with Gasteiger partial charge in [-0.3, -0.25) is 0 Å². The number of hydrogen-bond donors (Lipinski definition) is 2. The van der Waals surface area contributed by atoms with Gasteiger partial charge < -0.3 is 14.9 Å². The van der Waals surface area contributed by atoms with E-state index >= 15 is 0 Å². The van der Waals surface area contributed by atoms with Gasteiger partial charge in [0.25, 0.3) is 0 Å². The van der Waals surface area contributed by atoms with Crippen LogP contribution in [0.2, 0.25) is 0 Å². The lowest BCUT2D eigenvalue weighted by Crippen LogP contribution is -2.04. The molecule has 1 aromatic carbocycles. The molecule has 0 radical (unpaired) electrons. The third kappa shape index (κ3) is 2.99. The van der Waals surface area contributed by atoms with Gasteiger partial charge in [-0.15, -0.1) is 0 Å². The summed E-state index contributed by atoms with van der Waals surface area (Å²) in [6.07, 6.45) is 4.98. The molecule has 1 aromatic rings. The second-order valence-electron chi connectivity index (χ2n) is 5.84. The zero-order valence-corrected chi connectivity index (χ0v) is 13.5. The van der Waals surface area contributed by atoms with Gasteiger partial charge in [0, 0.05) is 5.56 Å². The van der Waals surface area contributed by atoms with Gasteiger partial charge in [-0.2, -0.15) is 0 Å². The lowest BCUT2D eigenvalue weighted by molar-refractivity contribution is -0.0926. The molecule has 0 spiro atoms. The lowest BCUT2D eigenvalue weighted by Gasteiger charge is -2.18. The monoisotopic (exact) mass is 290 g/mol. The summed E-state index contributed by atoms with van der Waals surface area (Å²) >= 11 is 0. The number of aromatic hydroxyl groups is 1. The standard InChI is InChI=1S/C18H26O3/c1-5-7-11(3)8-9-14-13(6-2)12(4)15-10-21-18(20)16(15)17(14)19/h8,18-20H,5-7,9-10H2,1-4H3/b11-8+. The molecule has 2 N–H and O–H groups in total. The van der Waals surface area contributed by atoms with Crippen LogP contribution in [-0.2, 0) is 24.2 Å². The van der Waals surface area contributed by atoms with Crippen LogP contribution in [0.1, 0.15) is 67.7 Å². The molecule has 3 heteroatoms. The van der Waals surface area contributed by atoms with Crippen LogP contribution in [0.15, 0.2) is 11.6 Å². The number of phenols is 1. The maximum atomic E-state index is 10.6. The van der Waals surface area contributed by atoms with E-state index in [2.05, 4.69) is 33.8 Å². The Morgan fingerprint density at radius 3 is 2.67 bits per heavy atom. The Morgan fingerprint density at radius 1 is 1.33 bits per heavy atom. The maximum Gasteiger partial charge on any atom is 0.185 e. The smallest absolute Gasteiger partial charge is 0.185 e. The number of fused-ring (bicyclic) bond motifs is 1. The topological polar surface area (TPSA) is 49.7 Å². The first-order chi connectivity index (χ1) is 10.0. The van der Waals surface area contributed by atoms with Crippen molar-refractivity contribution in [1.29, 1.82) is 0 Å². The van der Waals surface area contributed by atoms with Crippen LogP contribution in [0.5, 0.6) is 5.75 Å². The van der Waals surface area contributed by atoms with Crippen molar-refractivity contribution in [2.75, 3.05) is 0 Å². The highest BCUT2D eigenvalue weighted by molar-refractivity contribution is 5.57.